The van der Waals surface area contributed by atoms with Gasteiger partial charge in [-0.2, -0.15) is 0 Å². The number of esters is 1. The van der Waals surface area contributed by atoms with Gasteiger partial charge < -0.3 is 19.8 Å². The second-order valence-electron chi connectivity index (χ2n) is 6.73. The first kappa shape index (κ1) is 18.9. The molecular weight excluding hydrogens is 368 g/mol. The molecule has 2 aromatic heterocycles. The number of aromatic nitrogens is 3. The predicted octanol–water partition coefficient (Wildman–Crippen LogP) is 3.58. The third-order valence-corrected chi connectivity index (χ3v) is 4.93. The van der Waals surface area contributed by atoms with Crippen molar-refractivity contribution in [1.82, 2.24) is 14.5 Å². The van der Waals surface area contributed by atoms with E-state index in [0.717, 1.165) is 11.1 Å². The average molecular weight is 390 g/mol. The molecule has 148 valence electrons. The summed E-state index contributed by atoms with van der Waals surface area (Å²) in [7, 11) is 1.55. The zero-order valence-electron chi connectivity index (χ0n) is 16.3. The molecule has 0 saturated heterocycles. The Bertz CT molecular complexity index is 1170. The van der Waals surface area contributed by atoms with Gasteiger partial charge in [-0.05, 0) is 24.6 Å². The lowest BCUT2D eigenvalue weighted by Crippen LogP contribution is -2.14. The van der Waals surface area contributed by atoms with Crippen LogP contribution in [0.3, 0.4) is 0 Å². The van der Waals surface area contributed by atoms with Crippen molar-refractivity contribution in [2.45, 2.75) is 13.0 Å². The number of ether oxygens (including phenoxy) is 2. The molecule has 0 saturated carbocycles. The number of nitrogens with zero attached hydrogens (tertiary/aromatic N) is 3. The monoisotopic (exact) mass is 390 g/mol. The van der Waals surface area contributed by atoms with Crippen molar-refractivity contribution in [2.75, 3.05) is 26.1 Å². The Morgan fingerprint density at radius 2 is 1.69 bits per heavy atom. The van der Waals surface area contributed by atoms with E-state index in [0.29, 0.717) is 23.3 Å². The topological polar surface area (TPSA) is 92.3 Å². The first-order chi connectivity index (χ1) is 14.1. The van der Waals surface area contributed by atoms with Crippen molar-refractivity contribution >= 4 is 34.0 Å². The van der Waals surface area contributed by atoms with Gasteiger partial charge in [-0.1, -0.05) is 42.5 Å². The summed E-state index contributed by atoms with van der Waals surface area (Å²) in [5, 5.41) is 0. The number of hydrogen-bond donors (Lipinski definition) is 1. The van der Waals surface area contributed by atoms with Crippen LogP contribution < -0.4 is 5.73 Å². The predicted molar refractivity (Wildman–Crippen MR) is 112 cm³/mol. The maximum Gasteiger partial charge on any atom is 0.344 e. The second-order valence-corrected chi connectivity index (χ2v) is 6.73. The van der Waals surface area contributed by atoms with Crippen molar-refractivity contribution in [3.05, 3.63) is 65.7 Å². The molecule has 29 heavy (non-hydrogen) atoms. The third kappa shape index (κ3) is 3.40. The number of anilines is 1. The summed E-state index contributed by atoms with van der Waals surface area (Å²) < 4.78 is 12.2. The van der Waals surface area contributed by atoms with E-state index in [1.165, 1.54) is 0 Å². The molecular formula is C22H22N4O3. The Morgan fingerprint density at radius 1 is 1.03 bits per heavy atom. The number of benzene rings is 2. The van der Waals surface area contributed by atoms with Gasteiger partial charge in [0.15, 0.2) is 5.65 Å². The number of carbonyl (C=O) groups is 1. The van der Waals surface area contributed by atoms with Gasteiger partial charge in [-0.15, -0.1) is 0 Å². The molecule has 0 radical (unpaired) electrons. The summed E-state index contributed by atoms with van der Waals surface area (Å²) in [5.41, 5.74) is 10.2. The maximum absolute atomic E-state index is 12.8. The highest BCUT2D eigenvalue weighted by atomic mass is 16.6. The zero-order valence-corrected chi connectivity index (χ0v) is 16.3. The fraction of sp³-hybridized carbons (Fsp3) is 0.227. The number of methoxy groups -OCH3 is 1. The molecule has 7 nitrogen and oxygen atoms in total. The summed E-state index contributed by atoms with van der Waals surface area (Å²) >= 11 is 0. The van der Waals surface area contributed by atoms with Crippen LogP contribution in [-0.2, 0) is 9.47 Å². The van der Waals surface area contributed by atoms with Crippen LogP contribution in [0, 0.1) is 0 Å². The molecule has 0 aliphatic heterocycles. The number of hydrogen-bond acceptors (Lipinski definition) is 6. The van der Waals surface area contributed by atoms with Crippen LogP contribution in [0.25, 0.3) is 22.2 Å². The number of carbonyl (C=O) groups excluding carboxylic acids is 1. The number of para-hydroxylation sites is 2. The Labute approximate surface area is 168 Å². The SMILES string of the molecule is COCCOC(=O)c1c(N)n(C(C)c2ccccc2)c2nc3ccccc3nc12. The van der Waals surface area contributed by atoms with Crippen molar-refractivity contribution in [3.8, 4) is 0 Å². The fourth-order valence-electron chi connectivity index (χ4n) is 3.45. The quantitative estimate of drug-likeness (QED) is 0.400. The standard InChI is InChI=1S/C22H22N4O3/c1-14(15-8-4-3-5-9-15)26-20(23)18(22(27)29-13-12-28-2)19-21(26)25-17-11-7-6-10-16(17)24-19/h3-11,14H,12-13,23H2,1-2H3. The van der Waals surface area contributed by atoms with E-state index < -0.39 is 5.97 Å². The molecule has 0 amide bonds. The lowest BCUT2D eigenvalue weighted by Gasteiger charge is -2.17. The summed E-state index contributed by atoms with van der Waals surface area (Å²) in [5.74, 6) is -0.248. The lowest BCUT2D eigenvalue weighted by atomic mass is 10.1. The molecule has 0 bridgehead atoms. The second kappa shape index (κ2) is 7.89. The van der Waals surface area contributed by atoms with E-state index in [1.807, 2.05) is 66.1 Å². The lowest BCUT2D eigenvalue weighted by molar-refractivity contribution is 0.0391. The third-order valence-electron chi connectivity index (χ3n) is 4.93. The summed E-state index contributed by atoms with van der Waals surface area (Å²) in [4.78, 5) is 22.3. The molecule has 4 aromatic rings. The van der Waals surface area contributed by atoms with Gasteiger partial charge in [0.05, 0.1) is 23.7 Å². The smallest absolute Gasteiger partial charge is 0.344 e. The van der Waals surface area contributed by atoms with Crippen LogP contribution in [0.1, 0.15) is 28.9 Å². The highest BCUT2D eigenvalue weighted by Crippen LogP contribution is 2.33. The van der Waals surface area contributed by atoms with Gasteiger partial charge >= 0.3 is 5.97 Å². The molecule has 1 unspecified atom stereocenters. The van der Waals surface area contributed by atoms with Crippen LogP contribution >= 0.6 is 0 Å². The van der Waals surface area contributed by atoms with Crippen LogP contribution in [0.5, 0.6) is 0 Å². The maximum atomic E-state index is 12.8. The van der Waals surface area contributed by atoms with Crippen LogP contribution in [0.15, 0.2) is 54.6 Å². The van der Waals surface area contributed by atoms with E-state index in [4.69, 9.17) is 20.2 Å². The highest BCUT2D eigenvalue weighted by Gasteiger charge is 2.27. The van der Waals surface area contributed by atoms with Gasteiger partial charge in [-0.25, -0.2) is 14.8 Å². The van der Waals surface area contributed by atoms with Gasteiger partial charge in [-0.3, -0.25) is 0 Å². The molecule has 0 spiro atoms. The van der Waals surface area contributed by atoms with Crippen LogP contribution in [-0.4, -0.2) is 40.8 Å². The van der Waals surface area contributed by atoms with E-state index in [-0.39, 0.29) is 24.0 Å². The van der Waals surface area contributed by atoms with E-state index in [2.05, 4.69) is 4.98 Å². The van der Waals surface area contributed by atoms with Crippen LogP contribution in [0.4, 0.5) is 5.82 Å². The number of rotatable bonds is 6. The average Bonchev–Trinajstić information content (AvgIpc) is 3.03. The highest BCUT2D eigenvalue weighted by molar-refractivity contribution is 6.08. The van der Waals surface area contributed by atoms with E-state index in [1.54, 1.807) is 7.11 Å². The van der Waals surface area contributed by atoms with Crippen molar-refractivity contribution < 1.29 is 14.3 Å². The van der Waals surface area contributed by atoms with Crippen molar-refractivity contribution in [1.29, 1.82) is 0 Å². The number of fused-ring (bicyclic) bond motifs is 2. The minimum atomic E-state index is -0.534. The minimum absolute atomic E-state index is 0.136. The Kier molecular flexibility index (Phi) is 5.14. The Morgan fingerprint density at radius 3 is 2.38 bits per heavy atom. The first-order valence-corrected chi connectivity index (χ1v) is 9.39. The summed E-state index contributed by atoms with van der Waals surface area (Å²) in [6, 6.07) is 17.3. The molecule has 7 heteroatoms. The molecule has 4 rings (SSSR count). The van der Waals surface area contributed by atoms with Gasteiger partial charge in [0, 0.05) is 7.11 Å². The Hall–Kier alpha value is -3.45. The normalized spacial score (nSPS) is 12.3. The summed E-state index contributed by atoms with van der Waals surface area (Å²) in [6.07, 6.45) is 0. The first-order valence-electron chi connectivity index (χ1n) is 9.39. The molecule has 1 atom stereocenters. The molecule has 0 fully saturated rings. The minimum Gasteiger partial charge on any atom is -0.459 e. The summed E-state index contributed by atoms with van der Waals surface area (Å²) in [6.45, 7) is 2.46. The van der Waals surface area contributed by atoms with Gasteiger partial charge in [0.1, 0.15) is 23.5 Å². The van der Waals surface area contributed by atoms with Crippen molar-refractivity contribution in [3.63, 3.8) is 0 Å². The largest absolute Gasteiger partial charge is 0.459 e. The van der Waals surface area contributed by atoms with Crippen molar-refractivity contribution in [2.24, 2.45) is 0 Å². The van der Waals surface area contributed by atoms with E-state index >= 15 is 0 Å². The van der Waals surface area contributed by atoms with E-state index in [9.17, 15) is 4.79 Å². The molecule has 2 N–H and O–H groups in total. The van der Waals surface area contributed by atoms with Crippen LogP contribution in [0.2, 0.25) is 0 Å². The van der Waals surface area contributed by atoms with Gasteiger partial charge in [0.25, 0.3) is 0 Å². The molecule has 2 heterocycles. The fourth-order valence-corrected chi connectivity index (χ4v) is 3.45. The number of nitrogens with two attached hydrogens (primary N) is 1. The zero-order chi connectivity index (χ0) is 20.4. The Balaban J connectivity index is 1.93. The van der Waals surface area contributed by atoms with Gasteiger partial charge in [0.2, 0.25) is 0 Å². The molecule has 0 aliphatic rings. The molecule has 2 aromatic carbocycles. The number of nitrogen functional groups attached to an aromatic ring is 1. The molecule has 0 aliphatic carbocycles.